The lowest BCUT2D eigenvalue weighted by molar-refractivity contribution is -0.113. The van der Waals surface area contributed by atoms with Crippen LogP contribution in [0.25, 0.3) is 6.08 Å². The molecule has 1 aromatic heterocycles. The van der Waals surface area contributed by atoms with Crippen LogP contribution in [-0.4, -0.2) is 30.0 Å². The standard InChI is InChI=1S/C30H26N2O5S/c1-2-36-24-15-13-21(14-16-24)28(33)20-38-26-12-6-10-23(18-26)31-30(35)27(19-25-11-7-17-37-25)32-29(34)22-8-4-3-5-9-22/h3-19H,2,20H2,1H3,(H,31,35)(H,32,34)/b27-19-. The Morgan fingerprint density at radius 1 is 0.895 bits per heavy atom. The molecule has 8 heteroatoms. The highest BCUT2D eigenvalue weighted by Crippen LogP contribution is 2.24. The molecule has 4 aromatic rings. The molecule has 0 aliphatic rings. The van der Waals surface area contributed by atoms with E-state index in [4.69, 9.17) is 9.15 Å². The third kappa shape index (κ3) is 7.47. The molecule has 2 N–H and O–H groups in total. The monoisotopic (exact) mass is 526 g/mol. The van der Waals surface area contributed by atoms with Crippen LogP contribution in [0.1, 0.15) is 33.4 Å². The van der Waals surface area contributed by atoms with E-state index >= 15 is 0 Å². The van der Waals surface area contributed by atoms with Crippen LogP contribution in [0.2, 0.25) is 0 Å². The van der Waals surface area contributed by atoms with E-state index in [-0.39, 0.29) is 17.2 Å². The maximum atomic E-state index is 13.1. The number of hydrogen-bond acceptors (Lipinski definition) is 6. The number of amides is 2. The van der Waals surface area contributed by atoms with E-state index in [0.29, 0.717) is 29.2 Å². The van der Waals surface area contributed by atoms with Crippen molar-refractivity contribution < 1.29 is 23.5 Å². The third-order valence-corrected chi connectivity index (χ3v) is 6.30. The Kier molecular flexibility index (Phi) is 9.15. The molecule has 4 rings (SSSR count). The van der Waals surface area contributed by atoms with Gasteiger partial charge in [-0.15, -0.1) is 11.8 Å². The van der Waals surface area contributed by atoms with Gasteiger partial charge in [-0.3, -0.25) is 14.4 Å². The molecule has 0 radical (unpaired) electrons. The molecule has 0 unspecified atom stereocenters. The van der Waals surface area contributed by atoms with Gasteiger partial charge in [0.2, 0.25) is 0 Å². The molecule has 0 atom stereocenters. The number of carbonyl (C=O) groups excluding carboxylic acids is 3. The van der Waals surface area contributed by atoms with Crippen LogP contribution in [0, 0.1) is 0 Å². The van der Waals surface area contributed by atoms with Crippen molar-refractivity contribution >= 4 is 41.1 Å². The Morgan fingerprint density at radius 2 is 1.68 bits per heavy atom. The number of thioether (sulfide) groups is 1. The second kappa shape index (κ2) is 13.1. The number of benzene rings is 3. The number of furan rings is 1. The minimum absolute atomic E-state index is 0.0141. The Bertz CT molecular complexity index is 1410. The molecular formula is C30H26N2O5S. The SMILES string of the molecule is CCOc1ccc(C(=O)CSc2cccc(NC(=O)/C(=C/c3ccco3)NC(=O)c3ccccc3)c2)cc1. The molecule has 0 bridgehead atoms. The fraction of sp³-hybridized carbons (Fsp3) is 0.100. The first-order valence-corrected chi connectivity index (χ1v) is 12.9. The summed E-state index contributed by atoms with van der Waals surface area (Å²) in [4.78, 5) is 39.3. The third-order valence-electron chi connectivity index (χ3n) is 5.31. The molecule has 1 heterocycles. The molecule has 3 aromatic carbocycles. The minimum Gasteiger partial charge on any atom is -0.494 e. The van der Waals surface area contributed by atoms with Crippen LogP contribution in [-0.2, 0) is 4.79 Å². The van der Waals surface area contributed by atoms with Gasteiger partial charge < -0.3 is 19.8 Å². The zero-order chi connectivity index (χ0) is 26.7. The van der Waals surface area contributed by atoms with Crippen molar-refractivity contribution in [3.05, 3.63) is 120 Å². The van der Waals surface area contributed by atoms with Gasteiger partial charge in [0.15, 0.2) is 5.78 Å². The molecule has 38 heavy (non-hydrogen) atoms. The molecule has 0 saturated carbocycles. The van der Waals surface area contributed by atoms with Crippen LogP contribution < -0.4 is 15.4 Å². The van der Waals surface area contributed by atoms with E-state index in [2.05, 4.69) is 10.6 Å². The molecule has 2 amide bonds. The quantitative estimate of drug-likeness (QED) is 0.140. The van der Waals surface area contributed by atoms with Crippen molar-refractivity contribution in [3.63, 3.8) is 0 Å². The molecule has 0 aliphatic carbocycles. The summed E-state index contributed by atoms with van der Waals surface area (Å²) in [5.41, 5.74) is 1.57. The lowest BCUT2D eigenvalue weighted by atomic mass is 10.1. The molecule has 0 spiro atoms. The van der Waals surface area contributed by atoms with E-state index in [1.165, 1.54) is 24.1 Å². The Hall–Kier alpha value is -4.56. The first-order chi connectivity index (χ1) is 18.5. The number of rotatable bonds is 11. The topological polar surface area (TPSA) is 97.6 Å². The second-order valence-electron chi connectivity index (χ2n) is 8.04. The maximum Gasteiger partial charge on any atom is 0.272 e. The average molecular weight is 527 g/mol. The highest BCUT2D eigenvalue weighted by molar-refractivity contribution is 8.00. The van der Waals surface area contributed by atoms with E-state index in [1.807, 2.05) is 13.0 Å². The fourth-order valence-corrected chi connectivity index (χ4v) is 4.31. The van der Waals surface area contributed by atoms with E-state index in [1.54, 1.807) is 84.9 Å². The molecular weight excluding hydrogens is 500 g/mol. The summed E-state index contributed by atoms with van der Waals surface area (Å²) in [6.45, 7) is 2.47. The fourth-order valence-electron chi connectivity index (χ4n) is 3.46. The molecule has 0 aliphatic heterocycles. The normalized spacial score (nSPS) is 11.0. The van der Waals surface area contributed by atoms with Crippen molar-refractivity contribution in [1.82, 2.24) is 5.32 Å². The first kappa shape index (κ1) is 26.5. The zero-order valence-electron chi connectivity index (χ0n) is 20.7. The van der Waals surface area contributed by atoms with Crippen molar-refractivity contribution in [2.75, 3.05) is 17.7 Å². The highest BCUT2D eigenvalue weighted by Gasteiger charge is 2.16. The van der Waals surface area contributed by atoms with Crippen molar-refractivity contribution in [3.8, 4) is 5.75 Å². The van der Waals surface area contributed by atoms with Crippen molar-refractivity contribution in [1.29, 1.82) is 0 Å². The molecule has 0 saturated heterocycles. The lowest BCUT2D eigenvalue weighted by Crippen LogP contribution is -2.30. The Balaban J connectivity index is 1.42. The van der Waals surface area contributed by atoms with Crippen molar-refractivity contribution in [2.45, 2.75) is 11.8 Å². The maximum absolute atomic E-state index is 13.1. The predicted molar refractivity (Wildman–Crippen MR) is 148 cm³/mol. The lowest BCUT2D eigenvalue weighted by Gasteiger charge is -2.12. The highest BCUT2D eigenvalue weighted by atomic mass is 32.2. The summed E-state index contributed by atoms with van der Waals surface area (Å²) in [6, 6.07) is 26.2. The van der Waals surface area contributed by atoms with Gasteiger partial charge in [-0.1, -0.05) is 24.3 Å². The van der Waals surface area contributed by atoms with Crippen molar-refractivity contribution in [2.24, 2.45) is 0 Å². The van der Waals surface area contributed by atoms with Crippen LogP contribution in [0.15, 0.2) is 112 Å². The van der Waals surface area contributed by atoms with Gasteiger partial charge >= 0.3 is 0 Å². The van der Waals surface area contributed by atoms with Gasteiger partial charge in [-0.05, 0) is 73.7 Å². The largest absolute Gasteiger partial charge is 0.494 e. The number of ketones is 1. The van der Waals surface area contributed by atoms with Gasteiger partial charge in [0.1, 0.15) is 17.2 Å². The van der Waals surface area contributed by atoms with Gasteiger partial charge in [0, 0.05) is 27.8 Å². The van der Waals surface area contributed by atoms with E-state index in [9.17, 15) is 14.4 Å². The van der Waals surface area contributed by atoms with Gasteiger partial charge in [0.25, 0.3) is 11.8 Å². The first-order valence-electron chi connectivity index (χ1n) is 11.9. The zero-order valence-corrected chi connectivity index (χ0v) is 21.5. The van der Waals surface area contributed by atoms with E-state index in [0.717, 1.165) is 10.6 Å². The van der Waals surface area contributed by atoms with Gasteiger partial charge in [-0.2, -0.15) is 0 Å². The summed E-state index contributed by atoms with van der Waals surface area (Å²) in [5, 5.41) is 5.48. The predicted octanol–water partition coefficient (Wildman–Crippen LogP) is 6.06. The summed E-state index contributed by atoms with van der Waals surface area (Å²) >= 11 is 1.37. The number of Topliss-reactive ketones (excluding diaryl/α,β-unsaturated/α-hetero) is 1. The van der Waals surface area contributed by atoms with Crippen LogP contribution in [0.4, 0.5) is 5.69 Å². The van der Waals surface area contributed by atoms with Crippen LogP contribution in [0.3, 0.4) is 0 Å². The molecule has 7 nitrogen and oxygen atoms in total. The summed E-state index contributed by atoms with van der Waals surface area (Å²) < 4.78 is 10.8. The Labute approximate surface area is 224 Å². The second-order valence-corrected chi connectivity index (χ2v) is 9.09. The van der Waals surface area contributed by atoms with Crippen LogP contribution in [0.5, 0.6) is 5.75 Å². The van der Waals surface area contributed by atoms with Gasteiger partial charge in [-0.25, -0.2) is 0 Å². The Morgan fingerprint density at radius 3 is 2.39 bits per heavy atom. The molecule has 0 fully saturated rings. The van der Waals surface area contributed by atoms with E-state index < -0.39 is 11.8 Å². The number of nitrogens with one attached hydrogen (secondary N) is 2. The minimum atomic E-state index is -0.515. The van der Waals surface area contributed by atoms with Gasteiger partial charge in [0.05, 0.1) is 18.6 Å². The number of ether oxygens (including phenoxy) is 1. The number of carbonyl (C=O) groups is 3. The number of hydrogen-bond donors (Lipinski definition) is 2. The average Bonchev–Trinajstić information content (AvgIpc) is 3.46. The summed E-state index contributed by atoms with van der Waals surface area (Å²) in [6.07, 6.45) is 2.94. The smallest absolute Gasteiger partial charge is 0.272 e. The molecule has 192 valence electrons. The summed E-state index contributed by atoms with van der Waals surface area (Å²) in [5.74, 6) is 0.428. The van der Waals surface area contributed by atoms with Crippen LogP contribution >= 0.6 is 11.8 Å². The number of anilines is 1. The summed E-state index contributed by atoms with van der Waals surface area (Å²) in [7, 11) is 0.